The lowest BCUT2D eigenvalue weighted by Gasteiger charge is -2.19. The van der Waals surface area contributed by atoms with Crippen LogP contribution >= 0.6 is 27.7 Å². The molecule has 2 aromatic carbocycles. The number of hydrogen-bond donors (Lipinski definition) is 1. The minimum absolute atomic E-state index is 0.376. The molecule has 1 aliphatic rings. The maximum Gasteiger partial charge on any atom is 0.247 e. The number of hydrogen-bond acceptors (Lipinski definition) is 6. The van der Waals surface area contributed by atoms with E-state index in [1.165, 1.54) is 11.8 Å². The lowest BCUT2D eigenvalue weighted by molar-refractivity contribution is 0.225. The Labute approximate surface area is 164 Å². The highest BCUT2D eigenvalue weighted by Gasteiger charge is 2.25. The van der Waals surface area contributed by atoms with Crippen LogP contribution in [0, 0.1) is 0 Å². The number of anilines is 1. The van der Waals surface area contributed by atoms with Crippen LogP contribution in [0.2, 0.25) is 0 Å². The van der Waals surface area contributed by atoms with Crippen molar-refractivity contribution in [1.82, 2.24) is 15.2 Å². The molecule has 0 unspecified atom stereocenters. The fourth-order valence-corrected chi connectivity index (χ4v) is 3.41. The van der Waals surface area contributed by atoms with Crippen LogP contribution in [0.1, 0.15) is 11.8 Å². The molecule has 0 saturated carbocycles. The quantitative estimate of drug-likeness (QED) is 0.463. The number of halogens is 1. The van der Waals surface area contributed by atoms with Crippen LogP contribution in [-0.4, -0.2) is 20.9 Å². The molecule has 0 amide bonds. The molecule has 5 nitrogen and oxygen atoms in total. The van der Waals surface area contributed by atoms with Gasteiger partial charge in [0, 0.05) is 27.0 Å². The van der Waals surface area contributed by atoms with Gasteiger partial charge < -0.3 is 10.1 Å². The molecule has 26 heavy (non-hydrogen) atoms. The van der Waals surface area contributed by atoms with E-state index in [0.29, 0.717) is 22.5 Å². The maximum atomic E-state index is 6.21. The van der Waals surface area contributed by atoms with Gasteiger partial charge in [0.05, 0.1) is 0 Å². The van der Waals surface area contributed by atoms with Gasteiger partial charge in [0.25, 0.3) is 0 Å². The highest BCUT2D eigenvalue weighted by molar-refractivity contribution is 9.10. The number of aromatic nitrogens is 3. The van der Waals surface area contributed by atoms with E-state index in [1.54, 1.807) is 0 Å². The summed E-state index contributed by atoms with van der Waals surface area (Å²) >= 11 is 4.94. The number of nitrogens with one attached hydrogen (secondary N) is 1. The highest BCUT2D eigenvalue weighted by Crippen LogP contribution is 2.39. The van der Waals surface area contributed by atoms with Crippen molar-refractivity contribution >= 4 is 33.4 Å². The second-order valence-electron chi connectivity index (χ2n) is 5.59. The molecule has 0 bridgehead atoms. The van der Waals surface area contributed by atoms with E-state index in [-0.39, 0.29) is 6.23 Å². The Kier molecular flexibility index (Phi) is 4.90. The number of para-hydroxylation sites is 1. The lowest BCUT2D eigenvalue weighted by Crippen LogP contribution is -2.17. The summed E-state index contributed by atoms with van der Waals surface area (Å²) < 4.78 is 7.22. The van der Waals surface area contributed by atoms with Crippen molar-refractivity contribution in [3.05, 3.63) is 71.2 Å². The predicted molar refractivity (Wildman–Crippen MR) is 107 cm³/mol. The van der Waals surface area contributed by atoms with Crippen molar-refractivity contribution in [1.29, 1.82) is 0 Å². The van der Waals surface area contributed by atoms with E-state index in [1.807, 2.05) is 54.6 Å². The molecule has 4 rings (SSSR count). The first-order valence-electron chi connectivity index (χ1n) is 8.01. The fourth-order valence-electron chi connectivity index (χ4n) is 2.63. The number of thioether (sulfide) groups is 1. The van der Waals surface area contributed by atoms with E-state index in [9.17, 15) is 0 Å². The second kappa shape index (κ2) is 7.47. The Hall–Kier alpha value is -2.38. The van der Waals surface area contributed by atoms with Gasteiger partial charge in [-0.1, -0.05) is 64.1 Å². The average molecular weight is 427 g/mol. The lowest BCUT2D eigenvalue weighted by atomic mass is 10.1. The number of ether oxygens (including phenoxy) is 1. The molecule has 1 aliphatic heterocycles. The van der Waals surface area contributed by atoms with Gasteiger partial charge in [-0.05, 0) is 18.2 Å². The molecule has 1 N–H and O–H groups in total. The number of rotatable bonds is 4. The third kappa shape index (κ3) is 3.45. The normalized spacial score (nSPS) is 15.0. The molecule has 130 valence electrons. The Morgan fingerprint density at radius 1 is 1.15 bits per heavy atom. The second-order valence-corrected chi connectivity index (χ2v) is 7.49. The van der Waals surface area contributed by atoms with Crippen molar-refractivity contribution in [2.45, 2.75) is 11.4 Å². The highest BCUT2D eigenvalue weighted by atomic mass is 79.9. The van der Waals surface area contributed by atoms with Gasteiger partial charge >= 0.3 is 0 Å². The Morgan fingerprint density at radius 2 is 1.96 bits per heavy atom. The number of benzene rings is 2. The molecule has 0 fully saturated rings. The van der Waals surface area contributed by atoms with E-state index in [4.69, 9.17) is 4.74 Å². The molecule has 0 aliphatic carbocycles. The zero-order valence-corrected chi connectivity index (χ0v) is 16.1. The minimum Gasteiger partial charge on any atom is -0.448 e. The largest absolute Gasteiger partial charge is 0.448 e. The van der Waals surface area contributed by atoms with E-state index >= 15 is 0 Å². The average Bonchev–Trinajstić information content (AvgIpc) is 2.83. The maximum absolute atomic E-state index is 6.21. The zero-order valence-electron chi connectivity index (χ0n) is 13.7. The van der Waals surface area contributed by atoms with Crippen LogP contribution < -0.4 is 10.1 Å². The van der Waals surface area contributed by atoms with E-state index < -0.39 is 0 Å². The third-order valence-corrected chi connectivity index (χ3v) is 5.20. The van der Waals surface area contributed by atoms with Crippen LogP contribution in [0.4, 0.5) is 5.69 Å². The summed E-state index contributed by atoms with van der Waals surface area (Å²) in [6, 6.07) is 15.9. The third-order valence-electron chi connectivity index (χ3n) is 3.84. The first kappa shape index (κ1) is 17.1. The van der Waals surface area contributed by atoms with Crippen molar-refractivity contribution in [2.24, 2.45) is 0 Å². The summed E-state index contributed by atoms with van der Waals surface area (Å²) in [7, 11) is 0. The van der Waals surface area contributed by atoms with Crippen LogP contribution in [0.25, 0.3) is 11.3 Å². The molecule has 0 radical (unpaired) electrons. The standard InChI is InChI=1S/C19H15BrN4OS/c1-2-11-26-19-22-18-16(23-24-19)14-5-3-4-6-15(14)21-17(25-18)12-7-9-13(20)10-8-12/h2-10,17,21H,1,11H2/t17-/m1/s1. The first-order valence-corrected chi connectivity index (χ1v) is 9.79. The zero-order chi connectivity index (χ0) is 17.9. The summed E-state index contributed by atoms with van der Waals surface area (Å²) in [5.41, 5.74) is 3.48. The van der Waals surface area contributed by atoms with Crippen LogP contribution in [0.3, 0.4) is 0 Å². The molecular weight excluding hydrogens is 412 g/mol. The molecular formula is C19H15BrN4OS. The van der Waals surface area contributed by atoms with Gasteiger partial charge in [-0.15, -0.1) is 16.8 Å². The monoisotopic (exact) mass is 426 g/mol. The van der Waals surface area contributed by atoms with Gasteiger partial charge in [0.15, 0.2) is 11.9 Å². The molecule has 0 spiro atoms. The fraction of sp³-hybridized carbons (Fsp3) is 0.105. The van der Waals surface area contributed by atoms with Crippen molar-refractivity contribution in [3.63, 3.8) is 0 Å². The molecule has 1 atom stereocenters. The summed E-state index contributed by atoms with van der Waals surface area (Å²) in [6.07, 6.45) is 1.43. The van der Waals surface area contributed by atoms with Gasteiger partial charge in [0.2, 0.25) is 11.0 Å². The smallest absolute Gasteiger partial charge is 0.247 e. The number of nitrogens with zero attached hydrogens (tertiary/aromatic N) is 3. The summed E-state index contributed by atoms with van der Waals surface area (Å²) in [4.78, 5) is 4.57. The van der Waals surface area contributed by atoms with Gasteiger partial charge in [-0.3, -0.25) is 0 Å². The number of fused-ring (bicyclic) bond motifs is 3. The molecule has 2 heterocycles. The summed E-state index contributed by atoms with van der Waals surface area (Å²) in [6.45, 7) is 3.72. The predicted octanol–water partition coefficient (Wildman–Crippen LogP) is 5.08. The first-order chi connectivity index (χ1) is 12.7. The van der Waals surface area contributed by atoms with Crippen molar-refractivity contribution in [2.75, 3.05) is 11.1 Å². The van der Waals surface area contributed by atoms with Gasteiger partial charge in [0.1, 0.15) is 0 Å². The Morgan fingerprint density at radius 3 is 2.77 bits per heavy atom. The van der Waals surface area contributed by atoms with Gasteiger partial charge in [-0.25, -0.2) is 0 Å². The summed E-state index contributed by atoms with van der Waals surface area (Å²) in [5, 5.41) is 12.6. The van der Waals surface area contributed by atoms with Crippen molar-refractivity contribution < 1.29 is 4.74 Å². The van der Waals surface area contributed by atoms with Crippen molar-refractivity contribution in [3.8, 4) is 17.1 Å². The van der Waals surface area contributed by atoms with Crippen LogP contribution in [-0.2, 0) is 0 Å². The van der Waals surface area contributed by atoms with Gasteiger partial charge in [-0.2, -0.15) is 4.98 Å². The topological polar surface area (TPSA) is 59.9 Å². The molecule has 0 saturated heterocycles. The summed E-state index contributed by atoms with van der Waals surface area (Å²) in [5.74, 6) is 1.18. The molecule has 7 heteroatoms. The SMILES string of the molecule is C=CCSc1nnc2c(n1)O[C@H](c1ccc(Br)cc1)Nc1ccccc1-2. The Bertz CT molecular complexity index is 949. The molecule has 1 aromatic heterocycles. The van der Waals surface area contributed by atoms with Crippen LogP contribution in [0.5, 0.6) is 5.88 Å². The van der Waals surface area contributed by atoms with Crippen LogP contribution in [0.15, 0.2) is 70.8 Å². The van der Waals surface area contributed by atoms with E-state index in [2.05, 4.69) is 43.0 Å². The minimum atomic E-state index is -0.376. The molecule has 3 aromatic rings. The Balaban J connectivity index is 1.79. The van der Waals surface area contributed by atoms with E-state index in [0.717, 1.165) is 21.3 Å².